The average Bonchev–Trinajstić information content (AvgIpc) is 2.43. The van der Waals surface area contributed by atoms with Gasteiger partial charge in [0.25, 0.3) is 0 Å². The molecule has 0 aliphatic heterocycles. The van der Waals surface area contributed by atoms with Crippen LogP contribution < -0.4 is 4.74 Å². The third kappa shape index (κ3) is 3.74. The summed E-state index contributed by atoms with van der Waals surface area (Å²) in [7, 11) is 0. The molecule has 0 aromatic heterocycles. The van der Waals surface area contributed by atoms with Crippen LogP contribution >= 0.6 is 0 Å². The lowest BCUT2D eigenvalue weighted by atomic mass is 10.0. The van der Waals surface area contributed by atoms with Crippen molar-refractivity contribution in [1.82, 2.24) is 0 Å². The van der Waals surface area contributed by atoms with Gasteiger partial charge in [0.1, 0.15) is 5.82 Å². The van der Waals surface area contributed by atoms with Gasteiger partial charge in [-0.1, -0.05) is 25.5 Å². The highest BCUT2D eigenvalue weighted by Gasteiger charge is 2.12. The molecular weight excluding hydrogens is 284 g/mol. The molecule has 0 spiro atoms. The average molecular weight is 298 g/mol. The van der Waals surface area contributed by atoms with Crippen LogP contribution in [0, 0.1) is 11.6 Å². The first-order valence-electron chi connectivity index (χ1n) is 6.54. The molecule has 2 rings (SSSR count). The molecule has 112 valence electrons. The van der Waals surface area contributed by atoms with E-state index in [1.165, 1.54) is 18.2 Å². The zero-order valence-electron chi connectivity index (χ0n) is 11.4. The Morgan fingerprint density at radius 3 is 2.24 bits per heavy atom. The van der Waals surface area contributed by atoms with Crippen molar-refractivity contribution in [2.75, 3.05) is 0 Å². The Labute approximate surface area is 120 Å². The van der Waals surface area contributed by atoms with Crippen LogP contribution in [0.1, 0.15) is 18.9 Å². The third-order valence-corrected chi connectivity index (χ3v) is 3.05. The van der Waals surface area contributed by atoms with Gasteiger partial charge in [-0.15, -0.1) is 0 Å². The summed E-state index contributed by atoms with van der Waals surface area (Å²) in [6.45, 7) is -1.14. The molecule has 5 heteroatoms. The predicted molar refractivity (Wildman–Crippen MR) is 72.4 cm³/mol. The van der Waals surface area contributed by atoms with E-state index in [0.29, 0.717) is 23.1 Å². The van der Waals surface area contributed by atoms with E-state index in [9.17, 15) is 17.6 Å². The van der Waals surface area contributed by atoms with Crippen LogP contribution in [0.4, 0.5) is 17.6 Å². The van der Waals surface area contributed by atoms with E-state index in [-0.39, 0.29) is 5.82 Å². The number of hydrogen-bond donors (Lipinski definition) is 0. The molecule has 0 radical (unpaired) electrons. The fourth-order valence-corrected chi connectivity index (χ4v) is 2.09. The second-order valence-electron chi connectivity index (χ2n) is 4.58. The summed E-state index contributed by atoms with van der Waals surface area (Å²) in [6.07, 6.45) is 1.37. The Kier molecular flexibility index (Phi) is 4.83. The van der Waals surface area contributed by atoms with Crippen molar-refractivity contribution in [3.8, 4) is 16.9 Å². The molecule has 2 aromatic carbocycles. The Morgan fingerprint density at radius 2 is 1.62 bits per heavy atom. The standard InChI is InChI=1S/C16H14F4O/c1-2-3-12-8-10(4-6-13(12)17)11-5-7-15(14(18)9-11)21-16(19)20/h4-9,16H,2-3H2,1H3. The maximum Gasteiger partial charge on any atom is 0.387 e. The first kappa shape index (κ1) is 15.4. The molecule has 21 heavy (non-hydrogen) atoms. The van der Waals surface area contributed by atoms with Crippen molar-refractivity contribution in [3.05, 3.63) is 53.6 Å². The minimum Gasteiger partial charge on any atom is -0.432 e. The Bertz CT molecular complexity index is 626. The van der Waals surface area contributed by atoms with Crippen molar-refractivity contribution in [3.63, 3.8) is 0 Å². The zero-order chi connectivity index (χ0) is 15.4. The van der Waals surface area contributed by atoms with Crippen LogP contribution in [-0.2, 0) is 6.42 Å². The van der Waals surface area contributed by atoms with Crippen LogP contribution in [0.15, 0.2) is 36.4 Å². The second-order valence-corrected chi connectivity index (χ2v) is 4.58. The lowest BCUT2D eigenvalue weighted by Crippen LogP contribution is -2.03. The lowest BCUT2D eigenvalue weighted by molar-refractivity contribution is -0.0521. The third-order valence-electron chi connectivity index (χ3n) is 3.05. The van der Waals surface area contributed by atoms with E-state index in [0.717, 1.165) is 18.6 Å². The van der Waals surface area contributed by atoms with Crippen molar-refractivity contribution in [2.24, 2.45) is 0 Å². The number of halogens is 4. The summed E-state index contributed by atoms with van der Waals surface area (Å²) in [4.78, 5) is 0. The summed E-state index contributed by atoms with van der Waals surface area (Å²) in [6, 6.07) is 8.18. The van der Waals surface area contributed by atoms with Crippen LogP contribution in [0.5, 0.6) is 5.75 Å². The summed E-state index contributed by atoms with van der Waals surface area (Å²) in [5, 5.41) is 0. The fourth-order valence-electron chi connectivity index (χ4n) is 2.09. The van der Waals surface area contributed by atoms with Crippen molar-refractivity contribution >= 4 is 0 Å². The molecule has 0 atom stereocenters. The largest absolute Gasteiger partial charge is 0.432 e. The van der Waals surface area contributed by atoms with Crippen LogP contribution in [0.25, 0.3) is 11.1 Å². The quantitative estimate of drug-likeness (QED) is 0.691. The minimum absolute atomic E-state index is 0.307. The highest BCUT2D eigenvalue weighted by Crippen LogP contribution is 2.28. The van der Waals surface area contributed by atoms with E-state index < -0.39 is 18.2 Å². The Balaban J connectivity index is 2.34. The Morgan fingerprint density at radius 1 is 0.952 bits per heavy atom. The van der Waals surface area contributed by atoms with Gasteiger partial charge >= 0.3 is 6.61 Å². The molecular formula is C16H14F4O. The van der Waals surface area contributed by atoms with Crippen LogP contribution in [0.2, 0.25) is 0 Å². The van der Waals surface area contributed by atoms with Gasteiger partial charge in [-0.05, 0) is 47.4 Å². The maximum atomic E-state index is 13.7. The summed E-state index contributed by atoms with van der Waals surface area (Å²) >= 11 is 0. The highest BCUT2D eigenvalue weighted by molar-refractivity contribution is 5.65. The number of benzene rings is 2. The molecule has 1 nitrogen and oxygen atoms in total. The predicted octanol–water partition coefficient (Wildman–Crippen LogP) is 5.19. The molecule has 0 aliphatic carbocycles. The van der Waals surface area contributed by atoms with Crippen LogP contribution in [0.3, 0.4) is 0 Å². The first-order chi connectivity index (χ1) is 10.0. The van der Waals surface area contributed by atoms with Gasteiger partial charge < -0.3 is 4.74 Å². The maximum absolute atomic E-state index is 13.7. The van der Waals surface area contributed by atoms with Crippen molar-refractivity contribution in [2.45, 2.75) is 26.4 Å². The summed E-state index contributed by atoms with van der Waals surface area (Å²) < 4.78 is 55.5. The normalized spacial score (nSPS) is 11.0. The number of aryl methyl sites for hydroxylation is 1. The van der Waals surface area contributed by atoms with Crippen molar-refractivity contribution < 1.29 is 22.3 Å². The fraction of sp³-hybridized carbons (Fsp3) is 0.250. The molecule has 0 unspecified atom stereocenters. The van der Waals surface area contributed by atoms with E-state index in [1.54, 1.807) is 6.07 Å². The molecule has 0 bridgehead atoms. The monoisotopic (exact) mass is 298 g/mol. The highest BCUT2D eigenvalue weighted by atomic mass is 19.3. The molecule has 2 aromatic rings. The van der Waals surface area contributed by atoms with Gasteiger partial charge in [0.2, 0.25) is 0 Å². The topological polar surface area (TPSA) is 9.23 Å². The first-order valence-corrected chi connectivity index (χ1v) is 6.54. The van der Waals surface area contributed by atoms with E-state index in [1.807, 2.05) is 6.92 Å². The van der Waals surface area contributed by atoms with E-state index in [2.05, 4.69) is 4.74 Å². The minimum atomic E-state index is -3.08. The molecule has 0 saturated carbocycles. The molecule has 0 N–H and O–H groups in total. The van der Waals surface area contributed by atoms with E-state index >= 15 is 0 Å². The zero-order valence-corrected chi connectivity index (χ0v) is 11.4. The van der Waals surface area contributed by atoms with Gasteiger partial charge in [0.05, 0.1) is 0 Å². The van der Waals surface area contributed by atoms with Gasteiger partial charge in [-0.3, -0.25) is 0 Å². The molecule has 0 amide bonds. The van der Waals surface area contributed by atoms with Gasteiger partial charge in [0, 0.05) is 0 Å². The second kappa shape index (κ2) is 6.61. The van der Waals surface area contributed by atoms with Crippen LogP contribution in [-0.4, -0.2) is 6.61 Å². The number of rotatable bonds is 5. The molecule has 0 saturated heterocycles. The number of hydrogen-bond acceptors (Lipinski definition) is 1. The van der Waals surface area contributed by atoms with Gasteiger partial charge in [0.15, 0.2) is 11.6 Å². The van der Waals surface area contributed by atoms with E-state index in [4.69, 9.17) is 0 Å². The molecule has 0 fully saturated rings. The number of alkyl halides is 2. The molecule has 0 aliphatic rings. The molecule has 0 heterocycles. The number of ether oxygens (including phenoxy) is 1. The smallest absolute Gasteiger partial charge is 0.387 e. The van der Waals surface area contributed by atoms with Crippen molar-refractivity contribution in [1.29, 1.82) is 0 Å². The Hall–Kier alpha value is -2.04. The lowest BCUT2D eigenvalue weighted by Gasteiger charge is -2.09. The summed E-state index contributed by atoms with van der Waals surface area (Å²) in [5.74, 6) is -1.70. The van der Waals surface area contributed by atoms with Gasteiger partial charge in [-0.2, -0.15) is 8.78 Å². The summed E-state index contributed by atoms with van der Waals surface area (Å²) in [5.41, 5.74) is 1.65. The van der Waals surface area contributed by atoms with Gasteiger partial charge in [-0.25, -0.2) is 8.78 Å². The SMILES string of the molecule is CCCc1cc(-c2ccc(OC(F)F)c(F)c2)ccc1F.